The summed E-state index contributed by atoms with van der Waals surface area (Å²) in [5, 5.41) is 7.61. The second-order valence-corrected chi connectivity index (χ2v) is 7.50. The molecule has 0 spiro atoms. The number of hydrogen-bond donors (Lipinski definition) is 1. The second-order valence-electron chi connectivity index (χ2n) is 6.58. The molecule has 1 N–H and O–H groups in total. The lowest BCUT2D eigenvalue weighted by atomic mass is 10.2. The van der Waals surface area contributed by atoms with Crippen molar-refractivity contribution in [2.75, 3.05) is 6.61 Å². The number of amides is 1. The van der Waals surface area contributed by atoms with Gasteiger partial charge in [-0.3, -0.25) is 4.79 Å². The number of nitrogens with one attached hydrogen (secondary N) is 1. The zero-order valence-electron chi connectivity index (χ0n) is 16.1. The van der Waals surface area contributed by atoms with Gasteiger partial charge in [-0.1, -0.05) is 40.2 Å². The zero-order chi connectivity index (χ0) is 19.9. The Morgan fingerprint density at radius 1 is 1.14 bits per heavy atom. The first-order valence-corrected chi connectivity index (χ1v) is 10.1. The van der Waals surface area contributed by atoms with Crippen LogP contribution in [0.5, 0.6) is 5.75 Å². The molecule has 0 aliphatic heterocycles. The van der Waals surface area contributed by atoms with Gasteiger partial charge in [0.2, 0.25) is 5.91 Å². The molecule has 3 aromatic rings. The predicted molar refractivity (Wildman–Crippen MR) is 114 cm³/mol. The minimum absolute atomic E-state index is 0.0177. The van der Waals surface area contributed by atoms with Crippen molar-refractivity contribution in [2.45, 2.75) is 33.2 Å². The van der Waals surface area contributed by atoms with Gasteiger partial charge < -0.3 is 10.1 Å². The number of aromatic nitrogens is 2. The van der Waals surface area contributed by atoms with Crippen molar-refractivity contribution in [2.24, 2.45) is 0 Å². The summed E-state index contributed by atoms with van der Waals surface area (Å²) in [4.78, 5) is 12.2. The van der Waals surface area contributed by atoms with Crippen LogP contribution in [0.15, 0.2) is 59.1 Å². The molecule has 1 amide bonds. The first-order valence-electron chi connectivity index (χ1n) is 9.30. The molecule has 0 atom stereocenters. The molecule has 1 heterocycles. The van der Waals surface area contributed by atoms with Crippen molar-refractivity contribution >= 4 is 21.8 Å². The highest BCUT2D eigenvalue weighted by molar-refractivity contribution is 9.10. The van der Waals surface area contributed by atoms with Gasteiger partial charge in [-0.15, -0.1) is 0 Å². The van der Waals surface area contributed by atoms with Gasteiger partial charge in [-0.25, -0.2) is 4.68 Å². The molecule has 0 aliphatic carbocycles. The van der Waals surface area contributed by atoms with E-state index in [0.29, 0.717) is 26.0 Å². The van der Waals surface area contributed by atoms with Crippen molar-refractivity contribution in [1.82, 2.24) is 15.1 Å². The number of para-hydroxylation sites is 1. The lowest BCUT2D eigenvalue weighted by Gasteiger charge is -2.08. The fraction of sp³-hybridized carbons (Fsp3) is 0.273. The maximum atomic E-state index is 12.2. The standard InChI is InChI=1S/C22H24BrN3O2/c1-16-21(17(2)26(25-16)19-9-4-3-5-10-19)15-24-22(27)12-7-13-28-20-11-6-8-18(23)14-20/h3-6,8-11,14H,7,12-13,15H2,1-2H3,(H,24,27). The van der Waals surface area contributed by atoms with Crippen molar-refractivity contribution < 1.29 is 9.53 Å². The Morgan fingerprint density at radius 3 is 2.68 bits per heavy atom. The number of nitrogens with zero attached hydrogens (tertiary/aromatic N) is 2. The maximum absolute atomic E-state index is 12.2. The molecule has 0 radical (unpaired) electrons. The summed E-state index contributed by atoms with van der Waals surface area (Å²) in [6, 6.07) is 17.7. The second kappa shape index (κ2) is 9.55. The Hall–Kier alpha value is -2.60. The van der Waals surface area contributed by atoms with E-state index < -0.39 is 0 Å². The van der Waals surface area contributed by atoms with Crippen LogP contribution in [0.25, 0.3) is 5.69 Å². The third-order valence-corrected chi connectivity index (χ3v) is 5.01. The van der Waals surface area contributed by atoms with E-state index in [2.05, 4.69) is 26.3 Å². The molecule has 6 heteroatoms. The maximum Gasteiger partial charge on any atom is 0.220 e. The number of hydrogen-bond acceptors (Lipinski definition) is 3. The molecule has 5 nitrogen and oxygen atoms in total. The van der Waals surface area contributed by atoms with E-state index in [0.717, 1.165) is 32.9 Å². The molecule has 0 saturated carbocycles. The number of ether oxygens (including phenoxy) is 1. The van der Waals surface area contributed by atoms with Gasteiger partial charge in [-0.2, -0.15) is 5.10 Å². The quantitative estimate of drug-likeness (QED) is 0.514. The van der Waals surface area contributed by atoms with Gasteiger partial charge in [0, 0.05) is 28.7 Å². The summed E-state index contributed by atoms with van der Waals surface area (Å²) >= 11 is 3.41. The first-order chi connectivity index (χ1) is 13.5. The highest BCUT2D eigenvalue weighted by atomic mass is 79.9. The summed E-state index contributed by atoms with van der Waals surface area (Å²) in [5.74, 6) is 0.818. The van der Waals surface area contributed by atoms with Gasteiger partial charge >= 0.3 is 0 Å². The molecule has 1 aromatic heterocycles. The average molecular weight is 442 g/mol. The number of benzene rings is 2. The van der Waals surface area contributed by atoms with E-state index >= 15 is 0 Å². The van der Waals surface area contributed by atoms with Crippen molar-refractivity contribution in [3.63, 3.8) is 0 Å². The van der Waals surface area contributed by atoms with Crippen LogP contribution in [0.2, 0.25) is 0 Å². The van der Waals surface area contributed by atoms with E-state index in [4.69, 9.17) is 4.74 Å². The molecular weight excluding hydrogens is 418 g/mol. The number of carbonyl (C=O) groups excluding carboxylic acids is 1. The molecule has 146 valence electrons. The topological polar surface area (TPSA) is 56.2 Å². The summed E-state index contributed by atoms with van der Waals surface area (Å²) < 4.78 is 8.56. The molecular formula is C22H24BrN3O2. The van der Waals surface area contributed by atoms with Crippen LogP contribution in [0, 0.1) is 13.8 Å². The Morgan fingerprint density at radius 2 is 1.93 bits per heavy atom. The van der Waals surface area contributed by atoms with E-state index in [-0.39, 0.29) is 5.91 Å². The monoisotopic (exact) mass is 441 g/mol. The van der Waals surface area contributed by atoms with Gasteiger partial charge in [0.25, 0.3) is 0 Å². The molecule has 0 fully saturated rings. The van der Waals surface area contributed by atoms with Gasteiger partial charge in [0.05, 0.1) is 18.0 Å². The molecule has 0 aliphatic rings. The van der Waals surface area contributed by atoms with Gasteiger partial charge in [-0.05, 0) is 50.6 Å². The fourth-order valence-electron chi connectivity index (χ4n) is 3.01. The summed E-state index contributed by atoms with van der Waals surface area (Å²) in [5.41, 5.74) is 4.05. The third-order valence-electron chi connectivity index (χ3n) is 4.52. The molecule has 28 heavy (non-hydrogen) atoms. The zero-order valence-corrected chi connectivity index (χ0v) is 17.7. The first kappa shape index (κ1) is 20.1. The van der Waals surface area contributed by atoms with Crippen LogP contribution >= 0.6 is 15.9 Å². The highest BCUT2D eigenvalue weighted by Crippen LogP contribution is 2.19. The Bertz CT molecular complexity index is 938. The van der Waals surface area contributed by atoms with E-state index in [1.54, 1.807) is 0 Å². The summed E-state index contributed by atoms with van der Waals surface area (Å²) in [6.45, 7) is 4.99. The third kappa shape index (κ3) is 5.23. The smallest absolute Gasteiger partial charge is 0.220 e. The number of rotatable bonds is 8. The van der Waals surface area contributed by atoms with Crippen molar-refractivity contribution in [3.8, 4) is 11.4 Å². The normalized spacial score (nSPS) is 10.7. The van der Waals surface area contributed by atoms with E-state index in [1.807, 2.05) is 73.1 Å². The Balaban J connectivity index is 1.47. The number of halogens is 1. The highest BCUT2D eigenvalue weighted by Gasteiger charge is 2.13. The van der Waals surface area contributed by atoms with Crippen LogP contribution in [0.3, 0.4) is 0 Å². The lowest BCUT2D eigenvalue weighted by molar-refractivity contribution is -0.121. The average Bonchev–Trinajstić information content (AvgIpc) is 2.98. The van der Waals surface area contributed by atoms with Crippen LogP contribution < -0.4 is 10.1 Å². The minimum atomic E-state index is 0.0177. The SMILES string of the molecule is Cc1nn(-c2ccccc2)c(C)c1CNC(=O)CCCOc1cccc(Br)c1. The molecule has 0 bridgehead atoms. The molecule has 3 rings (SSSR count). The number of aryl methyl sites for hydroxylation is 1. The van der Waals surface area contributed by atoms with E-state index in [9.17, 15) is 4.79 Å². The summed E-state index contributed by atoms with van der Waals surface area (Å²) in [6.07, 6.45) is 1.10. The van der Waals surface area contributed by atoms with Gasteiger partial charge in [0.15, 0.2) is 0 Å². The van der Waals surface area contributed by atoms with Crippen molar-refractivity contribution in [1.29, 1.82) is 0 Å². The summed E-state index contributed by atoms with van der Waals surface area (Å²) in [7, 11) is 0. The largest absolute Gasteiger partial charge is 0.494 e. The van der Waals surface area contributed by atoms with Crippen molar-refractivity contribution in [3.05, 3.63) is 76.0 Å². The fourth-order valence-corrected chi connectivity index (χ4v) is 3.38. The lowest BCUT2D eigenvalue weighted by Crippen LogP contribution is -2.23. The Kier molecular flexibility index (Phi) is 6.87. The van der Waals surface area contributed by atoms with Crippen LogP contribution in [-0.2, 0) is 11.3 Å². The van der Waals surface area contributed by atoms with Crippen LogP contribution in [0.4, 0.5) is 0 Å². The molecule has 2 aromatic carbocycles. The molecule has 0 saturated heterocycles. The van der Waals surface area contributed by atoms with Crippen LogP contribution in [0.1, 0.15) is 29.8 Å². The number of carbonyl (C=O) groups is 1. The van der Waals surface area contributed by atoms with Crippen LogP contribution in [-0.4, -0.2) is 22.3 Å². The molecule has 0 unspecified atom stereocenters. The minimum Gasteiger partial charge on any atom is -0.494 e. The van der Waals surface area contributed by atoms with E-state index in [1.165, 1.54) is 0 Å². The Labute approximate surface area is 173 Å². The predicted octanol–water partition coefficient (Wildman–Crippen LogP) is 4.73. The van der Waals surface area contributed by atoms with Gasteiger partial charge in [0.1, 0.15) is 5.75 Å².